The molecule has 2 fully saturated rings. The van der Waals surface area contributed by atoms with E-state index in [1.54, 1.807) is 4.72 Å². The number of ether oxygens (including phenoxy) is 2. The molecule has 0 spiro atoms. The Hall–Kier alpha value is -3.20. The minimum atomic E-state index is -4.31. The second-order valence-corrected chi connectivity index (χ2v) is 9.40. The summed E-state index contributed by atoms with van der Waals surface area (Å²) in [5, 5.41) is 21.7. The zero-order valence-corrected chi connectivity index (χ0v) is 19.4. The van der Waals surface area contributed by atoms with E-state index >= 15 is 0 Å². The Labute approximate surface area is 203 Å². The number of nitrogens with one attached hydrogen (secondary N) is 2. The molecule has 0 aromatic carbocycles. The van der Waals surface area contributed by atoms with Crippen LogP contribution in [-0.4, -0.2) is 106 Å². The molecular weight excluding hydrogens is 506 g/mol. The first kappa shape index (κ1) is 25.9. The van der Waals surface area contributed by atoms with Gasteiger partial charge in [0.05, 0.1) is 25.6 Å². The predicted octanol–water partition coefficient (Wildman–Crippen LogP) is -3.92. The molecule has 4 heterocycles. The van der Waals surface area contributed by atoms with Gasteiger partial charge in [-0.1, -0.05) is 0 Å². The van der Waals surface area contributed by atoms with Gasteiger partial charge in [-0.05, 0) is 6.42 Å². The van der Waals surface area contributed by atoms with Gasteiger partial charge in [0.25, 0.3) is 5.91 Å². The van der Waals surface area contributed by atoms with Crippen molar-refractivity contribution < 1.29 is 42.5 Å². The number of nitrogen functional groups attached to an aromatic ring is 1. The lowest BCUT2D eigenvalue weighted by Crippen LogP contribution is -2.43. The Balaban J connectivity index is 1.23. The summed E-state index contributed by atoms with van der Waals surface area (Å²) in [5.41, 5.74) is 11.8. The largest absolute Gasteiger partial charge is 0.447 e. The van der Waals surface area contributed by atoms with Crippen LogP contribution < -0.4 is 20.9 Å². The number of nitrogens with two attached hydrogens (primary N) is 2. The van der Waals surface area contributed by atoms with E-state index in [0.29, 0.717) is 5.52 Å². The van der Waals surface area contributed by atoms with Gasteiger partial charge in [-0.25, -0.2) is 29.5 Å². The first-order chi connectivity index (χ1) is 17.1. The standard InChI is InChI=1S/C17H25N9O9S/c18-8-5-34-26(15(8)29)3-4-33-17(30)24-36(31,32)23-2-1-9-11(27)12(28)16(35-9)25-7-22-10-13(19)20-6-21-14(10)25/h6-9,11-12,16,23,27-28H,1-5,18H2,(H,24,30)(H2,19,20,21)/t8-,9-,11-,12-,16-/m1/s1. The number of amides is 2. The molecule has 2 aromatic heterocycles. The van der Waals surface area contributed by atoms with Crippen LogP contribution in [0.1, 0.15) is 12.6 Å². The minimum Gasteiger partial charge on any atom is -0.447 e. The van der Waals surface area contributed by atoms with Gasteiger partial charge in [-0.15, -0.1) is 0 Å². The van der Waals surface area contributed by atoms with E-state index < -0.39 is 52.8 Å². The van der Waals surface area contributed by atoms with Crippen LogP contribution in [0.4, 0.5) is 10.6 Å². The normalized spacial score (nSPS) is 26.6. The molecule has 0 bridgehead atoms. The second kappa shape index (κ2) is 10.4. The molecule has 18 nitrogen and oxygen atoms in total. The Morgan fingerprint density at radius 1 is 1.28 bits per heavy atom. The topological polar surface area (TPSA) is 259 Å². The maximum absolute atomic E-state index is 12.1. The third-order valence-corrected chi connectivity index (χ3v) is 6.46. The number of hydrogen-bond acceptors (Lipinski definition) is 14. The molecule has 198 valence electrons. The number of aliphatic hydroxyl groups is 2. The van der Waals surface area contributed by atoms with E-state index in [9.17, 15) is 28.2 Å². The Bertz CT molecular complexity index is 1230. The number of hydrogen-bond donors (Lipinski definition) is 6. The number of fused-ring (bicyclic) bond motifs is 1. The van der Waals surface area contributed by atoms with Crippen LogP contribution in [0.25, 0.3) is 11.2 Å². The molecule has 0 radical (unpaired) electrons. The molecule has 2 amide bonds. The van der Waals surface area contributed by atoms with Crippen LogP contribution in [0.5, 0.6) is 0 Å². The number of hydroxylamine groups is 2. The van der Waals surface area contributed by atoms with Crippen LogP contribution in [0.3, 0.4) is 0 Å². The van der Waals surface area contributed by atoms with Crippen LogP contribution in [-0.2, 0) is 29.3 Å². The fourth-order valence-electron chi connectivity index (χ4n) is 3.65. The lowest BCUT2D eigenvalue weighted by molar-refractivity contribution is -0.163. The van der Waals surface area contributed by atoms with E-state index in [4.69, 9.17) is 25.8 Å². The van der Waals surface area contributed by atoms with E-state index in [1.165, 1.54) is 17.2 Å². The summed E-state index contributed by atoms with van der Waals surface area (Å²) in [6.07, 6.45) is -3.52. The number of anilines is 1. The highest BCUT2D eigenvalue weighted by atomic mass is 32.2. The number of carbonyl (C=O) groups is 2. The molecule has 8 N–H and O–H groups in total. The van der Waals surface area contributed by atoms with Crippen molar-refractivity contribution in [2.75, 3.05) is 32.0 Å². The average Bonchev–Trinajstić information content (AvgIpc) is 3.47. The summed E-state index contributed by atoms with van der Waals surface area (Å²) in [4.78, 5) is 40.3. The van der Waals surface area contributed by atoms with Crippen molar-refractivity contribution in [3.8, 4) is 0 Å². The van der Waals surface area contributed by atoms with E-state index in [-0.39, 0.29) is 44.2 Å². The van der Waals surface area contributed by atoms with E-state index in [2.05, 4.69) is 19.7 Å². The van der Waals surface area contributed by atoms with E-state index in [1.807, 2.05) is 0 Å². The third-order valence-electron chi connectivity index (χ3n) is 5.44. The second-order valence-electron chi connectivity index (χ2n) is 7.90. The lowest BCUT2D eigenvalue weighted by atomic mass is 10.1. The maximum Gasteiger partial charge on any atom is 0.421 e. The number of aromatic nitrogens is 4. The highest BCUT2D eigenvalue weighted by Crippen LogP contribution is 2.33. The summed E-state index contributed by atoms with van der Waals surface area (Å²) >= 11 is 0. The smallest absolute Gasteiger partial charge is 0.421 e. The zero-order valence-electron chi connectivity index (χ0n) is 18.6. The Morgan fingerprint density at radius 2 is 2.06 bits per heavy atom. The molecule has 0 unspecified atom stereocenters. The first-order valence-electron chi connectivity index (χ1n) is 10.7. The zero-order chi connectivity index (χ0) is 26.0. The van der Waals surface area contributed by atoms with Gasteiger partial charge >= 0.3 is 16.3 Å². The van der Waals surface area contributed by atoms with Crippen molar-refractivity contribution in [3.05, 3.63) is 12.7 Å². The summed E-state index contributed by atoms with van der Waals surface area (Å²) in [6.45, 7) is -0.709. The van der Waals surface area contributed by atoms with Gasteiger partial charge in [-0.3, -0.25) is 14.2 Å². The van der Waals surface area contributed by atoms with Gasteiger partial charge in [0.2, 0.25) is 0 Å². The number of carbonyl (C=O) groups excluding carboxylic acids is 2. The SMILES string of the molecule is Nc1ncnc2c1ncn2[C@@H]1O[C@H](CCNS(=O)(=O)NC(=O)OCCN2OC[C@@H](N)C2=O)[C@@H](O)[C@H]1O. The fraction of sp³-hybridized carbons (Fsp3) is 0.588. The highest BCUT2D eigenvalue weighted by Gasteiger charge is 2.44. The molecule has 19 heteroatoms. The molecule has 2 aromatic rings. The molecule has 36 heavy (non-hydrogen) atoms. The van der Waals surface area contributed by atoms with Gasteiger partial charge in [0.1, 0.15) is 36.7 Å². The first-order valence-corrected chi connectivity index (χ1v) is 12.1. The molecular formula is C17H25N9O9S. The van der Waals surface area contributed by atoms with Gasteiger partial charge in [0, 0.05) is 6.54 Å². The Morgan fingerprint density at radius 3 is 2.78 bits per heavy atom. The number of imidazole rings is 1. The molecule has 2 aliphatic heterocycles. The summed E-state index contributed by atoms with van der Waals surface area (Å²) in [5.74, 6) is -0.346. The predicted molar refractivity (Wildman–Crippen MR) is 117 cm³/mol. The average molecular weight is 532 g/mol. The number of rotatable bonds is 9. The summed E-state index contributed by atoms with van der Waals surface area (Å²) in [6, 6.07) is -0.797. The van der Waals surface area contributed by atoms with Crippen molar-refractivity contribution in [1.82, 2.24) is 34.0 Å². The molecule has 5 atom stereocenters. The molecule has 0 aliphatic carbocycles. The highest BCUT2D eigenvalue weighted by molar-refractivity contribution is 7.88. The molecule has 2 aliphatic rings. The van der Waals surface area contributed by atoms with Gasteiger partial charge in [0.15, 0.2) is 17.7 Å². The molecule has 4 rings (SSSR count). The minimum absolute atomic E-state index is 0.00240. The van der Waals surface area contributed by atoms with Crippen molar-refractivity contribution in [2.24, 2.45) is 5.73 Å². The fourth-order valence-corrected chi connectivity index (χ4v) is 4.39. The van der Waals surface area contributed by atoms with Crippen molar-refractivity contribution in [1.29, 1.82) is 0 Å². The molecule has 0 saturated carbocycles. The summed E-state index contributed by atoms with van der Waals surface area (Å²) in [7, 11) is -4.31. The van der Waals surface area contributed by atoms with Crippen LogP contribution >= 0.6 is 0 Å². The van der Waals surface area contributed by atoms with Gasteiger partial charge < -0.3 is 31.2 Å². The lowest BCUT2D eigenvalue weighted by Gasteiger charge is -2.16. The quantitative estimate of drug-likeness (QED) is 0.181. The maximum atomic E-state index is 12.1. The van der Waals surface area contributed by atoms with Crippen molar-refractivity contribution >= 4 is 39.2 Å². The van der Waals surface area contributed by atoms with E-state index in [0.717, 1.165) is 5.06 Å². The van der Waals surface area contributed by atoms with Crippen molar-refractivity contribution in [2.45, 2.75) is 37.0 Å². The van der Waals surface area contributed by atoms with Crippen LogP contribution in [0.15, 0.2) is 12.7 Å². The third kappa shape index (κ3) is 5.46. The molecule has 2 saturated heterocycles. The van der Waals surface area contributed by atoms with Crippen LogP contribution in [0.2, 0.25) is 0 Å². The van der Waals surface area contributed by atoms with Gasteiger partial charge in [-0.2, -0.15) is 13.1 Å². The number of nitrogens with zero attached hydrogens (tertiary/aromatic N) is 5. The Kier molecular flexibility index (Phi) is 7.49. The monoisotopic (exact) mass is 531 g/mol. The number of aliphatic hydroxyl groups excluding tert-OH is 2. The van der Waals surface area contributed by atoms with Crippen molar-refractivity contribution in [3.63, 3.8) is 0 Å². The van der Waals surface area contributed by atoms with Crippen LogP contribution in [0, 0.1) is 0 Å². The summed E-state index contributed by atoms with van der Waals surface area (Å²) < 4.78 is 39.7.